The van der Waals surface area contributed by atoms with E-state index in [9.17, 15) is 0 Å². The Labute approximate surface area is 277 Å². The number of fused-ring (bicyclic) bond motifs is 2. The molecular weight excluding hydrogens is 724 g/mol. The fourth-order valence-corrected chi connectivity index (χ4v) is 6.67. The third kappa shape index (κ3) is 5.60. The SMILES string of the molecule is [2H]C([2H])([2H])n1[c](=[Pt])n(-c2[c-]c(Oc3[c-]c4c(cc3)CCC(C)(C)N4c3cc(C(C)(C)C)ccn3)cc(C(C)(C)C)c2)c2ccccc21. The molecule has 0 bridgehead atoms. The molecule has 0 N–H and O–H groups in total. The summed E-state index contributed by atoms with van der Waals surface area (Å²) in [6.07, 6.45) is 3.82. The summed E-state index contributed by atoms with van der Waals surface area (Å²) >= 11 is 2.10. The van der Waals surface area contributed by atoms with Crippen LogP contribution in [0.15, 0.2) is 66.9 Å². The van der Waals surface area contributed by atoms with Gasteiger partial charge in [0.05, 0.1) is 0 Å². The van der Waals surface area contributed by atoms with Crippen LogP contribution in [0.5, 0.6) is 11.5 Å². The molecule has 3 heterocycles. The van der Waals surface area contributed by atoms with Crippen LogP contribution >= 0.6 is 0 Å². The quantitative estimate of drug-likeness (QED) is 0.171. The Morgan fingerprint density at radius 2 is 1.61 bits per heavy atom. The normalized spacial score (nSPS) is 16.3. The van der Waals surface area contributed by atoms with Crippen LogP contribution in [0.3, 0.4) is 0 Å². The van der Waals surface area contributed by atoms with Gasteiger partial charge in [0.1, 0.15) is 0 Å². The number of rotatable bonds is 4. The van der Waals surface area contributed by atoms with Crippen LogP contribution in [-0.4, -0.2) is 19.7 Å². The van der Waals surface area contributed by atoms with E-state index >= 15 is 0 Å². The number of aromatic nitrogens is 3. The summed E-state index contributed by atoms with van der Waals surface area (Å²) < 4.78 is 35.3. The van der Waals surface area contributed by atoms with E-state index in [0.29, 0.717) is 26.5 Å². The monoisotopic (exact) mass is 768 g/mol. The summed E-state index contributed by atoms with van der Waals surface area (Å²) in [5.74, 6) is 2.01. The molecular formula is C38H42N4OPt-2. The number of hydrogen-bond acceptors (Lipinski definition) is 3. The Balaban J connectivity index is 1.47. The topological polar surface area (TPSA) is 35.2 Å². The van der Waals surface area contributed by atoms with Crippen LogP contribution in [0.4, 0.5) is 11.5 Å². The van der Waals surface area contributed by atoms with Crippen LogP contribution in [-0.2, 0) is 43.6 Å². The summed E-state index contributed by atoms with van der Waals surface area (Å²) in [4.78, 5) is 7.14. The maximum absolute atomic E-state index is 8.26. The first-order chi connectivity index (χ1) is 21.8. The number of ether oxygens (including phenoxy) is 1. The summed E-state index contributed by atoms with van der Waals surface area (Å²) in [7, 11) is 0. The van der Waals surface area contributed by atoms with Crippen molar-refractivity contribution < 1.29 is 28.2 Å². The van der Waals surface area contributed by atoms with E-state index in [1.165, 1.54) is 15.7 Å². The molecule has 0 fully saturated rings. The maximum atomic E-state index is 8.26. The molecule has 44 heavy (non-hydrogen) atoms. The Bertz CT molecular complexity index is 2040. The van der Waals surface area contributed by atoms with Crippen LogP contribution in [0.2, 0.25) is 0 Å². The van der Waals surface area contributed by atoms with E-state index < -0.39 is 6.98 Å². The summed E-state index contributed by atoms with van der Waals surface area (Å²) in [5, 5.41) is 0. The fraction of sp³-hybridized carbons (Fsp3) is 0.368. The van der Waals surface area contributed by atoms with Gasteiger partial charge >= 0.3 is 234 Å². The molecule has 2 aromatic heterocycles. The van der Waals surface area contributed by atoms with Gasteiger partial charge in [-0.05, 0) is 17.0 Å². The second-order valence-electron chi connectivity index (χ2n) is 14.4. The van der Waals surface area contributed by atoms with Crippen molar-refractivity contribution in [1.29, 1.82) is 0 Å². The summed E-state index contributed by atoms with van der Waals surface area (Å²) in [6.45, 7) is 15.3. The van der Waals surface area contributed by atoms with Crippen molar-refractivity contribution in [1.82, 2.24) is 14.1 Å². The van der Waals surface area contributed by atoms with E-state index in [2.05, 4.69) is 116 Å². The number of anilines is 2. The Hall–Kier alpha value is -3.43. The predicted molar refractivity (Wildman–Crippen MR) is 176 cm³/mol. The van der Waals surface area contributed by atoms with Crippen molar-refractivity contribution in [2.45, 2.75) is 84.6 Å². The van der Waals surface area contributed by atoms with Gasteiger partial charge in [0.15, 0.2) is 0 Å². The number of aryl methyl sites for hydroxylation is 2. The van der Waals surface area contributed by atoms with Crippen molar-refractivity contribution in [2.75, 3.05) is 4.90 Å². The van der Waals surface area contributed by atoms with Crippen molar-refractivity contribution in [2.24, 2.45) is 6.98 Å². The first kappa shape index (κ1) is 26.9. The third-order valence-electron chi connectivity index (χ3n) is 8.52. The molecule has 6 heteroatoms. The van der Waals surface area contributed by atoms with Gasteiger partial charge in [-0.25, -0.2) is 0 Å². The molecule has 232 valence electrons. The van der Waals surface area contributed by atoms with Crippen LogP contribution in [0.25, 0.3) is 16.7 Å². The van der Waals surface area contributed by atoms with Crippen molar-refractivity contribution >= 4 is 22.5 Å². The van der Waals surface area contributed by atoms with Crippen LogP contribution in [0, 0.1) is 15.9 Å². The number of hydrogen-bond donors (Lipinski definition) is 0. The van der Waals surface area contributed by atoms with E-state index in [1.54, 1.807) is 0 Å². The van der Waals surface area contributed by atoms with Gasteiger partial charge in [-0.3, -0.25) is 0 Å². The van der Waals surface area contributed by atoms with Gasteiger partial charge < -0.3 is 0 Å². The summed E-state index contributed by atoms with van der Waals surface area (Å²) in [5.41, 5.74) is 6.17. The van der Waals surface area contributed by atoms with E-state index in [1.807, 2.05) is 47.2 Å². The average Bonchev–Trinajstić information content (AvgIpc) is 3.28. The van der Waals surface area contributed by atoms with Crippen molar-refractivity contribution in [3.8, 4) is 17.2 Å². The zero-order chi connectivity index (χ0) is 34.1. The van der Waals surface area contributed by atoms with Crippen LogP contribution in [0.1, 0.15) is 82.6 Å². The van der Waals surface area contributed by atoms with Crippen molar-refractivity contribution in [3.05, 3.63) is 99.5 Å². The van der Waals surface area contributed by atoms with Gasteiger partial charge in [-0.15, -0.1) is 0 Å². The number of imidazole rings is 1. The van der Waals surface area contributed by atoms with Gasteiger partial charge in [0.2, 0.25) is 0 Å². The second-order valence-corrected chi connectivity index (χ2v) is 15.4. The van der Waals surface area contributed by atoms with E-state index in [-0.39, 0.29) is 16.4 Å². The zero-order valence-corrected chi connectivity index (χ0v) is 29.1. The Morgan fingerprint density at radius 3 is 2.32 bits per heavy atom. The Kier molecular flexibility index (Phi) is 6.66. The van der Waals surface area contributed by atoms with Gasteiger partial charge in [0, 0.05) is 6.20 Å². The Morgan fingerprint density at radius 1 is 0.886 bits per heavy atom. The molecule has 6 rings (SSSR count). The average molecular weight is 769 g/mol. The first-order valence-corrected chi connectivity index (χ1v) is 16.2. The molecule has 5 aromatic rings. The second kappa shape index (κ2) is 10.9. The molecule has 0 aliphatic carbocycles. The molecule has 0 saturated carbocycles. The van der Waals surface area contributed by atoms with Gasteiger partial charge in [-0.2, -0.15) is 0 Å². The molecule has 0 unspecified atom stereocenters. The standard InChI is InChI=1S/C38H42N4O.Pt/c1-36(2,3)27-17-19-39-35(22-27)42-34-24-30(15-14-26(34)16-18-38(42,7)8)43-31-21-28(37(4,5)6)20-29(23-31)41-25-40(9)32-12-10-11-13-33(32)41;/h10-15,17,19-22H,16,18H2,1-9H3;/q-2;/i9D3;. The molecule has 5 nitrogen and oxygen atoms in total. The predicted octanol–water partition coefficient (Wildman–Crippen LogP) is 9.29. The third-order valence-corrected chi connectivity index (χ3v) is 9.54. The van der Waals surface area contributed by atoms with E-state index in [0.717, 1.165) is 35.4 Å². The van der Waals surface area contributed by atoms with Gasteiger partial charge in [-0.1, -0.05) is 20.8 Å². The molecule has 3 aromatic carbocycles. The molecule has 0 amide bonds. The minimum atomic E-state index is -2.35. The number of benzene rings is 3. The fourth-order valence-electron chi connectivity index (χ4n) is 5.84. The van der Waals surface area contributed by atoms with E-state index in [4.69, 9.17) is 13.8 Å². The number of pyridine rings is 1. The van der Waals surface area contributed by atoms with Gasteiger partial charge in [0.25, 0.3) is 0 Å². The molecule has 0 radical (unpaired) electrons. The molecule has 0 saturated heterocycles. The molecule has 0 spiro atoms. The van der Waals surface area contributed by atoms with Crippen LogP contribution < -0.4 is 9.64 Å². The zero-order valence-electron chi connectivity index (χ0n) is 29.8. The number of nitrogens with zero attached hydrogens (tertiary/aromatic N) is 4. The molecule has 1 aliphatic heterocycles. The number of para-hydroxylation sites is 2. The minimum absolute atomic E-state index is 0.00754. The first-order valence-electron chi connectivity index (χ1n) is 16.6. The van der Waals surface area contributed by atoms with Crippen molar-refractivity contribution in [3.63, 3.8) is 0 Å². The molecule has 1 aliphatic rings. The molecule has 0 atom stereocenters. The summed E-state index contributed by atoms with van der Waals surface area (Å²) in [6, 6.07) is 27.1.